The molecule has 2 N–H and O–H groups in total. The zero-order chi connectivity index (χ0) is 19.8. The van der Waals surface area contributed by atoms with Crippen LogP contribution in [0.2, 0.25) is 0 Å². The van der Waals surface area contributed by atoms with Gasteiger partial charge in [-0.2, -0.15) is 4.99 Å². The summed E-state index contributed by atoms with van der Waals surface area (Å²) in [4.78, 5) is 22.8. The lowest BCUT2D eigenvalue weighted by atomic mass is 10.2. The summed E-state index contributed by atoms with van der Waals surface area (Å²) in [5, 5.41) is 14.3. The van der Waals surface area contributed by atoms with Gasteiger partial charge >= 0.3 is 0 Å². The lowest BCUT2D eigenvalue weighted by molar-refractivity contribution is -0.383. The molecule has 28 heavy (non-hydrogen) atoms. The van der Waals surface area contributed by atoms with Crippen LogP contribution in [-0.2, 0) is 0 Å². The molecule has 0 aliphatic carbocycles. The number of rotatable bonds is 6. The van der Waals surface area contributed by atoms with Gasteiger partial charge in [-0.3, -0.25) is 10.1 Å². The summed E-state index contributed by atoms with van der Waals surface area (Å²) < 4.78 is 0. The number of nitro groups is 1. The summed E-state index contributed by atoms with van der Waals surface area (Å²) in [6.45, 7) is 2.14. The standard InChI is InChI=1S/C21H21N5O2/c1-2-3-4-5-6-15-20(22-18-13-9-10-14-19(18)26(27)28)25-21-23-16-11-7-8-12-17(16)24-21/h7-14H,2-5H2,1H3,(H2,22,23,24,25). The van der Waals surface area contributed by atoms with Gasteiger partial charge in [0.25, 0.3) is 5.69 Å². The highest BCUT2D eigenvalue weighted by Crippen LogP contribution is 2.23. The van der Waals surface area contributed by atoms with Crippen molar-refractivity contribution in [2.45, 2.75) is 32.6 Å². The number of hydrogen-bond acceptors (Lipinski definition) is 4. The molecule has 7 heteroatoms. The minimum atomic E-state index is -0.435. The molecular formula is C21H21N5O2. The van der Waals surface area contributed by atoms with Crippen LogP contribution in [0.25, 0.3) is 11.0 Å². The fourth-order valence-corrected chi connectivity index (χ4v) is 2.66. The minimum absolute atomic E-state index is 0.0346. The number of aliphatic imine (C=N–C) groups is 1. The quantitative estimate of drug-likeness (QED) is 0.155. The van der Waals surface area contributed by atoms with Crippen molar-refractivity contribution in [3.63, 3.8) is 0 Å². The molecule has 0 aliphatic rings. The van der Waals surface area contributed by atoms with E-state index in [9.17, 15) is 10.1 Å². The Morgan fingerprint density at radius 1 is 1.21 bits per heavy atom. The summed E-state index contributed by atoms with van der Waals surface area (Å²) in [7, 11) is 0. The molecule has 0 saturated heterocycles. The molecule has 0 fully saturated rings. The van der Waals surface area contributed by atoms with Crippen molar-refractivity contribution in [1.29, 1.82) is 0 Å². The monoisotopic (exact) mass is 375 g/mol. The Labute approximate surface area is 163 Å². The summed E-state index contributed by atoms with van der Waals surface area (Å²) in [6.07, 6.45) is 3.98. The molecule has 0 radical (unpaired) electrons. The van der Waals surface area contributed by atoms with Crippen LogP contribution < -0.4 is 5.32 Å². The minimum Gasteiger partial charge on any atom is -0.327 e. The molecule has 142 valence electrons. The van der Waals surface area contributed by atoms with E-state index >= 15 is 0 Å². The summed E-state index contributed by atoms with van der Waals surface area (Å²) in [6, 6.07) is 14.0. The Bertz CT molecular complexity index is 1030. The number of nitrogens with zero attached hydrogens (tertiary/aromatic N) is 3. The zero-order valence-electron chi connectivity index (χ0n) is 15.6. The van der Waals surface area contributed by atoms with Crippen LogP contribution in [0.3, 0.4) is 0 Å². The Balaban J connectivity index is 1.91. The van der Waals surface area contributed by atoms with E-state index in [2.05, 4.69) is 39.0 Å². The predicted octanol–water partition coefficient (Wildman–Crippen LogP) is 5.20. The average molecular weight is 375 g/mol. The maximum Gasteiger partial charge on any atom is 0.292 e. The number of benzene rings is 2. The number of para-hydroxylation sites is 4. The Hall–Kier alpha value is -3.66. The van der Waals surface area contributed by atoms with E-state index in [0.717, 1.165) is 36.7 Å². The van der Waals surface area contributed by atoms with Gasteiger partial charge in [0.1, 0.15) is 5.69 Å². The number of nitro benzene ring substituents is 1. The molecule has 0 bridgehead atoms. The normalized spacial score (nSPS) is 11.1. The van der Waals surface area contributed by atoms with Crippen molar-refractivity contribution in [1.82, 2.24) is 9.97 Å². The van der Waals surface area contributed by atoms with Crippen LogP contribution in [0.4, 0.5) is 17.3 Å². The first-order valence-electron chi connectivity index (χ1n) is 9.20. The molecule has 0 amide bonds. The molecule has 3 aromatic rings. The number of aromatic amines is 1. The molecular weight excluding hydrogens is 354 g/mol. The van der Waals surface area contributed by atoms with E-state index < -0.39 is 4.92 Å². The average Bonchev–Trinajstić information content (AvgIpc) is 3.10. The summed E-state index contributed by atoms with van der Waals surface area (Å²) in [5.74, 6) is 6.78. The number of nitrogens with one attached hydrogen (secondary N) is 2. The number of anilines is 1. The third kappa shape index (κ3) is 4.95. The first kappa shape index (κ1) is 19.1. The van der Waals surface area contributed by atoms with Crippen molar-refractivity contribution >= 4 is 34.2 Å². The first-order valence-corrected chi connectivity index (χ1v) is 9.20. The van der Waals surface area contributed by atoms with Gasteiger partial charge < -0.3 is 10.3 Å². The molecule has 0 spiro atoms. The van der Waals surface area contributed by atoms with E-state index in [1.807, 2.05) is 24.3 Å². The van der Waals surface area contributed by atoms with Crippen LogP contribution >= 0.6 is 0 Å². The highest BCUT2D eigenvalue weighted by molar-refractivity contribution is 6.10. The van der Waals surface area contributed by atoms with Gasteiger partial charge in [-0.15, -0.1) is 0 Å². The topological polar surface area (TPSA) is 96.2 Å². The van der Waals surface area contributed by atoms with Crippen molar-refractivity contribution in [3.8, 4) is 11.8 Å². The fourth-order valence-electron chi connectivity index (χ4n) is 2.66. The second-order valence-corrected chi connectivity index (χ2v) is 6.20. The maximum atomic E-state index is 11.3. The number of unbranched alkanes of at least 4 members (excludes halogenated alkanes) is 3. The number of H-pyrrole nitrogens is 1. The second-order valence-electron chi connectivity index (χ2n) is 6.20. The van der Waals surface area contributed by atoms with Gasteiger partial charge in [-0.25, -0.2) is 4.98 Å². The number of fused-ring (bicyclic) bond motifs is 1. The molecule has 1 aromatic heterocycles. The fraction of sp³-hybridized carbons (Fsp3) is 0.238. The van der Waals surface area contributed by atoms with E-state index in [1.54, 1.807) is 18.2 Å². The highest BCUT2D eigenvalue weighted by atomic mass is 16.6. The molecule has 3 rings (SSSR count). The first-order chi connectivity index (χ1) is 13.7. The van der Waals surface area contributed by atoms with E-state index in [0.29, 0.717) is 17.5 Å². The Morgan fingerprint density at radius 3 is 2.79 bits per heavy atom. The van der Waals surface area contributed by atoms with Gasteiger partial charge in [-0.1, -0.05) is 50.0 Å². The molecule has 0 aliphatic heterocycles. The number of imidazole rings is 1. The van der Waals surface area contributed by atoms with E-state index in [-0.39, 0.29) is 5.69 Å². The van der Waals surface area contributed by atoms with E-state index in [1.165, 1.54) is 6.07 Å². The van der Waals surface area contributed by atoms with Gasteiger partial charge in [0.15, 0.2) is 5.84 Å². The molecule has 0 atom stereocenters. The van der Waals surface area contributed by atoms with Gasteiger partial charge in [0.05, 0.1) is 16.0 Å². The van der Waals surface area contributed by atoms with Crippen molar-refractivity contribution in [2.24, 2.45) is 4.99 Å². The largest absolute Gasteiger partial charge is 0.327 e. The lowest BCUT2D eigenvalue weighted by Gasteiger charge is -2.05. The lowest BCUT2D eigenvalue weighted by Crippen LogP contribution is -2.11. The molecule has 2 aromatic carbocycles. The highest BCUT2D eigenvalue weighted by Gasteiger charge is 2.13. The van der Waals surface area contributed by atoms with Crippen LogP contribution in [-0.4, -0.2) is 20.7 Å². The van der Waals surface area contributed by atoms with E-state index in [4.69, 9.17) is 0 Å². The second kappa shape index (κ2) is 9.33. The van der Waals surface area contributed by atoms with Gasteiger partial charge in [0, 0.05) is 12.5 Å². The van der Waals surface area contributed by atoms with Crippen LogP contribution in [0.15, 0.2) is 53.5 Å². The number of aromatic nitrogens is 2. The summed E-state index contributed by atoms with van der Waals surface area (Å²) >= 11 is 0. The smallest absolute Gasteiger partial charge is 0.292 e. The van der Waals surface area contributed by atoms with Crippen molar-refractivity contribution in [2.75, 3.05) is 5.32 Å². The molecule has 1 heterocycles. The van der Waals surface area contributed by atoms with Gasteiger partial charge in [-0.05, 0) is 30.5 Å². The van der Waals surface area contributed by atoms with Crippen LogP contribution in [0.5, 0.6) is 0 Å². The maximum absolute atomic E-state index is 11.3. The van der Waals surface area contributed by atoms with Crippen molar-refractivity contribution < 1.29 is 4.92 Å². The van der Waals surface area contributed by atoms with Gasteiger partial charge in [0.2, 0.25) is 5.95 Å². The molecule has 0 unspecified atom stereocenters. The SMILES string of the molecule is CCCCCC#C/C(=N/c1nc2ccccc2[nH]1)Nc1ccccc1[N+](=O)[O-]. The third-order valence-electron chi connectivity index (χ3n) is 4.06. The number of hydrogen-bond donors (Lipinski definition) is 2. The molecule has 0 saturated carbocycles. The number of amidine groups is 1. The Kier molecular flexibility index (Phi) is 6.37. The van der Waals surface area contributed by atoms with Crippen LogP contribution in [0.1, 0.15) is 32.6 Å². The summed E-state index contributed by atoms with van der Waals surface area (Å²) in [5.41, 5.74) is 1.96. The zero-order valence-corrected chi connectivity index (χ0v) is 15.6. The Morgan fingerprint density at radius 2 is 2.00 bits per heavy atom. The van der Waals surface area contributed by atoms with Crippen LogP contribution in [0, 0.1) is 22.0 Å². The predicted molar refractivity (Wildman–Crippen MR) is 112 cm³/mol. The molecule has 7 nitrogen and oxygen atoms in total. The van der Waals surface area contributed by atoms with Crippen molar-refractivity contribution in [3.05, 3.63) is 58.6 Å². The third-order valence-corrected chi connectivity index (χ3v) is 4.06.